The van der Waals surface area contributed by atoms with Gasteiger partial charge in [0.05, 0.1) is 0 Å². The molecular weight excluding hydrogens is 237 g/mol. The lowest BCUT2D eigenvalue weighted by atomic mass is 10.2. The van der Waals surface area contributed by atoms with Gasteiger partial charge < -0.3 is 10.4 Å². The number of hydrogen-bond acceptors (Lipinski definition) is 2. The Hall–Kier alpha value is -0.770. The first-order valence-electron chi connectivity index (χ1n) is 4.41. The molecule has 0 heterocycles. The number of carbonyl (C=O) groups is 1. The lowest BCUT2D eigenvalue weighted by Crippen LogP contribution is -2.33. The standard InChI is InChI=1S/C10H11Cl2NO2/c1-6(10(14)15)13-5-7-8(11)3-2-4-9(7)12/h2-4,6,13H,5H2,1H3,(H,14,15)/t6-/m1/s1. The molecule has 0 aliphatic carbocycles. The number of halogens is 2. The zero-order chi connectivity index (χ0) is 11.4. The molecular formula is C10H11Cl2NO2. The van der Waals surface area contributed by atoms with Gasteiger partial charge in [-0.05, 0) is 19.1 Å². The number of benzene rings is 1. The van der Waals surface area contributed by atoms with Crippen LogP contribution in [0.5, 0.6) is 0 Å². The van der Waals surface area contributed by atoms with Crippen LogP contribution in [0.4, 0.5) is 0 Å². The Labute approximate surface area is 98.0 Å². The zero-order valence-electron chi connectivity index (χ0n) is 8.13. The summed E-state index contributed by atoms with van der Waals surface area (Å²) in [6.45, 7) is 1.90. The summed E-state index contributed by atoms with van der Waals surface area (Å²) in [6, 6.07) is 4.55. The molecule has 0 amide bonds. The molecule has 1 rings (SSSR count). The van der Waals surface area contributed by atoms with Crippen LogP contribution in [0, 0.1) is 0 Å². The number of rotatable bonds is 4. The molecule has 0 spiro atoms. The molecule has 0 aliphatic heterocycles. The number of carboxylic acids is 1. The average Bonchev–Trinajstić information content (AvgIpc) is 2.16. The molecule has 1 atom stereocenters. The summed E-state index contributed by atoms with van der Waals surface area (Å²) in [5, 5.41) is 12.6. The van der Waals surface area contributed by atoms with Crippen LogP contribution in [0.3, 0.4) is 0 Å². The predicted octanol–water partition coefficient (Wildman–Crippen LogP) is 2.56. The van der Waals surface area contributed by atoms with Crippen molar-refractivity contribution in [3.05, 3.63) is 33.8 Å². The Bertz CT molecular complexity index is 348. The molecule has 1 aromatic carbocycles. The molecule has 5 heteroatoms. The average molecular weight is 248 g/mol. The first kappa shape index (κ1) is 12.3. The van der Waals surface area contributed by atoms with E-state index >= 15 is 0 Å². The van der Waals surface area contributed by atoms with Gasteiger partial charge in [0.2, 0.25) is 0 Å². The van der Waals surface area contributed by atoms with Crippen LogP contribution < -0.4 is 5.32 Å². The van der Waals surface area contributed by atoms with Crippen molar-refractivity contribution in [2.24, 2.45) is 0 Å². The van der Waals surface area contributed by atoms with Crippen molar-refractivity contribution in [2.45, 2.75) is 19.5 Å². The monoisotopic (exact) mass is 247 g/mol. The summed E-state index contributed by atoms with van der Waals surface area (Å²) in [6.07, 6.45) is 0. The molecule has 0 aromatic heterocycles. The van der Waals surface area contributed by atoms with E-state index in [9.17, 15) is 4.79 Å². The van der Waals surface area contributed by atoms with Crippen LogP contribution in [0.1, 0.15) is 12.5 Å². The minimum Gasteiger partial charge on any atom is -0.480 e. The van der Waals surface area contributed by atoms with Crippen molar-refractivity contribution in [2.75, 3.05) is 0 Å². The second kappa shape index (κ2) is 5.35. The van der Waals surface area contributed by atoms with Crippen LogP contribution >= 0.6 is 23.2 Å². The smallest absolute Gasteiger partial charge is 0.320 e. The van der Waals surface area contributed by atoms with E-state index in [1.54, 1.807) is 25.1 Å². The molecule has 0 saturated heterocycles. The fourth-order valence-electron chi connectivity index (χ4n) is 1.04. The first-order valence-corrected chi connectivity index (χ1v) is 5.17. The van der Waals surface area contributed by atoms with Gasteiger partial charge in [0.15, 0.2) is 0 Å². The summed E-state index contributed by atoms with van der Waals surface area (Å²) in [4.78, 5) is 10.6. The fourth-order valence-corrected chi connectivity index (χ4v) is 1.57. The van der Waals surface area contributed by atoms with Gasteiger partial charge in [0.1, 0.15) is 6.04 Å². The molecule has 0 saturated carbocycles. The van der Waals surface area contributed by atoms with Gasteiger partial charge in [0.25, 0.3) is 0 Å². The van der Waals surface area contributed by atoms with E-state index < -0.39 is 12.0 Å². The molecule has 0 fully saturated rings. The van der Waals surface area contributed by atoms with Crippen LogP contribution in [0.25, 0.3) is 0 Å². The topological polar surface area (TPSA) is 49.3 Å². The van der Waals surface area contributed by atoms with E-state index in [1.807, 2.05) is 0 Å². The van der Waals surface area contributed by atoms with E-state index in [0.717, 1.165) is 0 Å². The van der Waals surface area contributed by atoms with Crippen LogP contribution in [0.2, 0.25) is 10.0 Å². The van der Waals surface area contributed by atoms with Gasteiger partial charge >= 0.3 is 5.97 Å². The van der Waals surface area contributed by atoms with Crippen molar-refractivity contribution in [3.8, 4) is 0 Å². The lowest BCUT2D eigenvalue weighted by molar-refractivity contribution is -0.139. The van der Waals surface area contributed by atoms with Gasteiger partial charge in [-0.25, -0.2) is 0 Å². The minimum absolute atomic E-state index is 0.339. The molecule has 3 nitrogen and oxygen atoms in total. The Kier molecular flexibility index (Phi) is 4.39. The highest BCUT2D eigenvalue weighted by Crippen LogP contribution is 2.23. The molecule has 1 aromatic rings. The number of nitrogens with one attached hydrogen (secondary N) is 1. The second-order valence-corrected chi connectivity index (χ2v) is 3.96. The van der Waals surface area contributed by atoms with Crippen molar-refractivity contribution in [1.82, 2.24) is 5.32 Å². The van der Waals surface area contributed by atoms with Crippen molar-refractivity contribution < 1.29 is 9.90 Å². The van der Waals surface area contributed by atoms with E-state index in [1.165, 1.54) is 0 Å². The van der Waals surface area contributed by atoms with Gasteiger partial charge in [-0.1, -0.05) is 29.3 Å². The van der Waals surface area contributed by atoms with E-state index in [-0.39, 0.29) is 0 Å². The Morgan fingerprint density at radius 3 is 2.47 bits per heavy atom. The Morgan fingerprint density at radius 1 is 1.47 bits per heavy atom. The van der Waals surface area contributed by atoms with Crippen LogP contribution in [-0.4, -0.2) is 17.1 Å². The number of aliphatic carboxylic acids is 1. The predicted molar refractivity (Wildman–Crippen MR) is 60.4 cm³/mol. The fraction of sp³-hybridized carbons (Fsp3) is 0.300. The maximum atomic E-state index is 10.6. The molecule has 0 radical (unpaired) electrons. The molecule has 0 unspecified atom stereocenters. The highest BCUT2D eigenvalue weighted by Gasteiger charge is 2.11. The SMILES string of the molecule is C[C@@H](NCc1c(Cl)cccc1Cl)C(=O)O. The Morgan fingerprint density at radius 2 is 2.00 bits per heavy atom. The zero-order valence-corrected chi connectivity index (χ0v) is 9.64. The van der Waals surface area contributed by atoms with E-state index in [2.05, 4.69) is 5.32 Å². The summed E-state index contributed by atoms with van der Waals surface area (Å²) in [7, 11) is 0. The molecule has 0 aliphatic rings. The van der Waals surface area contributed by atoms with Crippen LogP contribution in [-0.2, 0) is 11.3 Å². The summed E-state index contributed by atoms with van der Waals surface area (Å²) < 4.78 is 0. The maximum absolute atomic E-state index is 10.6. The highest BCUT2D eigenvalue weighted by atomic mass is 35.5. The van der Waals surface area contributed by atoms with Gasteiger partial charge in [0, 0.05) is 22.2 Å². The second-order valence-electron chi connectivity index (χ2n) is 3.14. The molecule has 2 N–H and O–H groups in total. The Balaban J connectivity index is 2.69. The summed E-state index contributed by atoms with van der Waals surface area (Å²) in [5.41, 5.74) is 0.717. The van der Waals surface area contributed by atoms with Crippen molar-refractivity contribution in [3.63, 3.8) is 0 Å². The number of hydrogen-bond donors (Lipinski definition) is 2. The third-order valence-corrected chi connectivity index (χ3v) is 2.73. The van der Waals surface area contributed by atoms with Crippen molar-refractivity contribution in [1.29, 1.82) is 0 Å². The first-order chi connectivity index (χ1) is 7.02. The van der Waals surface area contributed by atoms with E-state index in [0.29, 0.717) is 22.2 Å². The third-order valence-electron chi connectivity index (χ3n) is 2.02. The van der Waals surface area contributed by atoms with Crippen LogP contribution in [0.15, 0.2) is 18.2 Å². The van der Waals surface area contributed by atoms with Gasteiger partial charge in [-0.3, -0.25) is 4.79 Å². The van der Waals surface area contributed by atoms with Gasteiger partial charge in [-0.2, -0.15) is 0 Å². The van der Waals surface area contributed by atoms with Gasteiger partial charge in [-0.15, -0.1) is 0 Å². The highest BCUT2D eigenvalue weighted by molar-refractivity contribution is 6.35. The lowest BCUT2D eigenvalue weighted by Gasteiger charge is -2.11. The quantitative estimate of drug-likeness (QED) is 0.860. The summed E-state index contributed by atoms with van der Waals surface area (Å²) >= 11 is 11.8. The third kappa shape index (κ3) is 3.38. The number of carboxylic acid groups (broad SMARTS) is 1. The minimum atomic E-state index is -0.904. The molecule has 0 bridgehead atoms. The van der Waals surface area contributed by atoms with E-state index in [4.69, 9.17) is 28.3 Å². The summed E-state index contributed by atoms with van der Waals surface area (Å²) in [5.74, 6) is -0.904. The largest absolute Gasteiger partial charge is 0.480 e. The normalized spacial score (nSPS) is 12.5. The molecule has 82 valence electrons. The molecule has 15 heavy (non-hydrogen) atoms. The maximum Gasteiger partial charge on any atom is 0.320 e. The van der Waals surface area contributed by atoms with Crippen molar-refractivity contribution >= 4 is 29.2 Å².